The normalized spacial score (nSPS) is 17.8. The number of piperazine rings is 1. The number of aryl methyl sites for hydroxylation is 1. The molecule has 7 nitrogen and oxygen atoms in total. The first kappa shape index (κ1) is 16.1. The SMILES string of the molecule is Cc1ccc(NCCCNC(=O)N2CCNC(=O)[C@@H]2C)nc1. The van der Waals surface area contributed by atoms with E-state index in [0.29, 0.717) is 19.6 Å². The second-order valence-electron chi connectivity index (χ2n) is 5.39. The summed E-state index contributed by atoms with van der Waals surface area (Å²) in [5.41, 5.74) is 1.12. The first-order valence-electron chi connectivity index (χ1n) is 7.56. The van der Waals surface area contributed by atoms with Gasteiger partial charge in [-0.15, -0.1) is 0 Å². The zero-order valence-corrected chi connectivity index (χ0v) is 13.1. The largest absolute Gasteiger partial charge is 0.370 e. The maximum atomic E-state index is 12.0. The van der Waals surface area contributed by atoms with E-state index in [0.717, 1.165) is 24.3 Å². The van der Waals surface area contributed by atoms with Gasteiger partial charge >= 0.3 is 6.03 Å². The highest BCUT2D eigenvalue weighted by atomic mass is 16.2. The maximum Gasteiger partial charge on any atom is 0.318 e. The first-order chi connectivity index (χ1) is 10.6. The Kier molecular flexibility index (Phi) is 5.57. The van der Waals surface area contributed by atoms with E-state index >= 15 is 0 Å². The molecule has 0 saturated carbocycles. The Bertz CT molecular complexity index is 517. The molecular formula is C15H23N5O2. The summed E-state index contributed by atoms with van der Waals surface area (Å²) in [7, 11) is 0. The van der Waals surface area contributed by atoms with Crippen LogP contribution in [0.4, 0.5) is 10.6 Å². The van der Waals surface area contributed by atoms with Gasteiger partial charge in [0.2, 0.25) is 5.91 Å². The Morgan fingerprint density at radius 1 is 1.45 bits per heavy atom. The van der Waals surface area contributed by atoms with Gasteiger partial charge in [-0.05, 0) is 31.9 Å². The van der Waals surface area contributed by atoms with Crippen LogP contribution in [0.25, 0.3) is 0 Å². The molecule has 3 amide bonds. The lowest BCUT2D eigenvalue weighted by molar-refractivity contribution is -0.126. The van der Waals surface area contributed by atoms with Crippen molar-refractivity contribution in [1.29, 1.82) is 0 Å². The van der Waals surface area contributed by atoms with E-state index in [1.54, 1.807) is 11.8 Å². The van der Waals surface area contributed by atoms with Gasteiger partial charge in [-0.1, -0.05) is 6.07 Å². The van der Waals surface area contributed by atoms with E-state index in [2.05, 4.69) is 20.9 Å². The lowest BCUT2D eigenvalue weighted by atomic mass is 10.2. The third-order valence-corrected chi connectivity index (χ3v) is 3.61. The van der Waals surface area contributed by atoms with Gasteiger partial charge in [0.1, 0.15) is 11.9 Å². The second-order valence-corrected chi connectivity index (χ2v) is 5.39. The number of nitrogens with one attached hydrogen (secondary N) is 3. The number of carbonyl (C=O) groups excluding carboxylic acids is 2. The number of hydrogen-bond donors (Lipinski definition) is 3. The quantitative estimate of drug-likeness (QED) is 0.700. The molecule has 1 saturated heterocycles. The van der Waals surface area contributed by atoms with Crippen LogP contribution in [0.2, 0.25) is 0 Å². The number of rotatable bonds is 5. The molecular weight excluding hydrogens is 282 g/mol. The van der Waals surface area contributed by atoms with Crippen molar-refractivity contribution in [1.82, 2.24) is 20.5 Å². The molecule has 0 spiro atoms. The molecule has 0 bridgehead atoms. The van der Waals surface area contributed by atoms with E-state index in [1.807, 2.05) is 25.3 Å². The zero-order valence-electron chi connectivity index (χ0n) is 13.1. The van der Waals surface area contributed by atoms with Crippen molar-refractivity contribution in [2.24, 2.45) is 0 Å². The second kappa shape index (κ2) is 7.63. The van der Waals surface area contributed by atoms with E-state index in [-0.39, 0.29) is 11.9 Å². The average molecular weight is 305 g/mol. The molecule has 0 radical (unpaired) electrons. The Labute approximate surface area is 130 Å². The molecule has 0 aliphatic carbocycles. The van der Waals surface area contributed by atoms with Crippen molar-refractivity contribution in [3.63, 3.8) is 0 Å². The van der Waals surface area contributed by atoms with Crippen molar-refractivity contribution < 1.29 is 9.59 Å². The monoisotopic (exact) mass is 305 g/mol. The van der Waals surface area contributed by atoms with E-state index in [4.69, 9.17) is 0 Å². The fourth-order valence-electron chi connectivity index (χ4n) is 2.23. The number of nitrogens with zero attached hydrogens (tertiary/aromatic N) is 2. The summed E-state index contributed by atoms with van der Waals surface area (Å²) >= 11 is 0. The average Bonchev–Trinajstić information content (AvgIpc) is 2.51. The number of carbonyl (C=O) groups is 2. The van der Waals surface area contributed by atoms with E-state index in [9.17, 15) is 9.59 Å². The molecule has 120 valence electrons. The molecule has 22 heavy (non-hydrogen) atoms. The van der Waals surface area contributed by atoms with Crippen molar-refractivity contribution in [3.8, 4) is 0 Å². The predicted octanol–water partition coefficient (Wildman–Crippen LogP) is 0.722. The van der Waals surface area contributed by atoms with Crippen LogP contribution in [0.15, 0.2) is 18.3 Å². The third kappa shape index (κ3) is 4.34. The zero-order chi connectivity index (χ0) is 15.9. The molecule has 0 unspecified atom stereocenters. The first-order valence-corrected chi connectivity index (χ1v) is 7.56. The van der Waals surface area contributed by atoms with Gasteiger partial charge in [0.05, 0.1) is 0 Å². The minimum Gasteiger partial charge on any atom is -0.370 e. The number of urea groups is 1. The van der Waals surface area contributed by atoms with Crippen molar-refractivity contribution in [3.05, 3.63) is 23.9 Å². The summed E-state index contributed by atoms with van der Waals surface area (Å²) in [5, 5.41) is 8.78. The van der Waals surface area contributed by atoms with Gasteiger partial charge in [-0.25, -0.2) is 9.78 Å². The maximum absolute atomic E-state index is 12.0. The van der Waals surface area contributed by atoms with Crippen LogP contribution in [0.5, 0.6) is 0 Å². The highest BCUT2D eigenvalue weighted by molar-refractivity contribution is 5.87. The number of hydrogen-bond acceptors (Lipinski definition) is 4. The third-order valence-electron chi connectivity index (χ3n) is 3.61. The molecule has 3 N–H and O–H groups in total. The summed E-state index contributed by atoms with van der Waals surface area (Å²) in [6.07, 6.45) is 2.60. The summed E-state index contributed by atoms with van der Waals surface area (Å²) in [6.45, 7) is 6.07. The van der Waals surface area contributed by atoms with Crippen molar-refractivity contribution in [2.75, 3.05) is 31.5 Å². The molecule has 7 heteroatoms. The van der Waals surface area contributed by atoms with Crippen molar-refractivity contribution >= 4 is 17.8 Å². The lowest BCUT2D eigenvalue weighted by Crippen LogP contribution is -2.58. The van der Waals surface area contributed by atoms with Gasteiger partial charge in [-0.3, -0.25) is 4.79 Å². The molecule has 1 aliphatic heterocycles. The molecule has 1 aliphatic rings. The Morgan fingerprint density at radius 3 is 3.00 bits per heavy atom. The molecule has 1 atom stereocenters. The lowest BCUT2D eigenvalue weighted by Gasteiger charge is -2.32. The van der Waals surface area contributed by atoms with E-state index in [1.165, 1.54) is 0 Å². The van der Waals surface area contributed by atoms with Gasteiger partial charge < -0.3 is 20.9 Å². The molecule has 1 fully saturated rings. The van der Waals surface area contributed by atoms with Crippen LogP contribution in [-0.4, -0.2) is 54.0 Å². The number of pyridine rings is 1. The van der Waals surface area contributed by atoms with Crippen molar-refractivity contribution in [2.45, 2.75) is 26.3 Å². The molecule has 0 aromatic carbocycles. The molecule has 1 aromatic rings. The topological polar surface area (TPSA) is 86.4 Å². The predicted molar refractivity (Wildman–Crippen MR) is 84.7 cm³/mol. The van der Waals surface area contributed by atoms with Crippen LogP contribution >= 0.6 is 0 Å². The minimum atomic E-state index is -0.413. The van der Waals surface area contributed by atoms with Crippen LogP contribution in [0, 0.1) is 6.92 Å². The standard InChI is InChI=1S/C15H23N5O2/c1-11-4-5-13(19-10-11)16-6-3-7-18-15(22)20-9-8-17-14(21)12(20)2/h4-5,10,12H,3,6-9H2,1-2H3,(H,16,19)(H,17,21)(H,18,22)/t12-/m0/s1. The Balaban J connectivity index is 1.64. The van der Waals surface area contributed by atoms with Crippen LogP contribution in [0.3, 0.4) is 0 Å². The van der Waals surface area contributed by atoms with Crippen LogP contribution < -0.4 is 16.0 Å². The highest BCUT2D eigenvalue weighted by Gasteiger charge is 2.28. The molecule has 2 heterocycles. The van der Waals surface area contributed by atoms with Gasteiger partial charge in [-0.2, -0.15) is 0 Å². The fourth-order valence-corrected chi connectivity index (χ4v) is 2.23. The Morgan fingerprint density at radius 2 is 2.27 bits per heavy atom. The summed E-state index contributed by atoms with van der Waals surface area (Å²) in [4.78, 5) is 29.4. The number of amides is 3. The van der Waals surface area contributed by atoms with Gasteiger partial charge in [0.25, 0.3) is 0 Å². The smallest absolute Gasteiger partial charge is 0.318 e. The molecule has 2 rings (SSSR count). The van der Waals surface area contributed by atoms with E-state index < -0.39 is 6.04 Å². The van der Waals surface area contributed by atoms with Gasteiger partial charge in [0, 0.05) is 32.4 Å². The fraction of sp³-hybridized carbons (Fsp3) is 0.533. The summed E-state index contributed by atoms with van der Waals surface area (Å²) < 4.78 is 0. The highest BCUT2D eigenvalue weighted by Crippen LogP contribution is 2.05. The van der Waals surface area contributed by atoms with Crippen LogP contribution in [-0.2, 0) is 4.79 Å². The van der Waals surface area contributed by atoms with Gasteiger partial charge in [0.15, 0.2) is 0 Å². The summed E-state index contributed by atoms with van der Waals surface area (Å²) in [5.74, 6) is 0.728. The molecule has 1 aromatic heterocycles. The number of anilines is 1. The Hall–Kier alpha value is -2.31. The minimum absolute atomic E-state index is 0.103. The summed E-state index contributed by atoms with van der Waals surface area (Å²) in [6, 6.07) is 3.33. The number of aromatic nitrogens is 1. The van der Waals surface area contributed by atoms with Crippen LogP contribution in [0.1, 0.15) is 18.9 Å².